The van der Waals surface area contributed by atoms with Gasteiger partial charge in [-0.15, -0.1) is 0 Å². The Bertz CT molecular complexity index is 80.6. The summed E-state index contributed by atoms with van der Waals surface area (Å²) in [5, 5.41) is 0. The van der Waals surface area contributed by atoms with Gasteiger partial charge in [-0.05, 0) is 18.8 Å². The van der Waals surface area contributed by atoms with Crippen LogP contribution in [0.4, 0.5) is 0 Å². The van der Waals surface area contributed by atoms with Gasteiger partial charge in [0, 0.05) is 7.11 Å². The van der Waals surface area contributed by atoms with Crippen LogP contribution in [-0.2, 0) is 4.74 Å². The van der Waals surface area contributed by atoms with Gasteiger partial charge in [0.25, 0.3) is 0 Å². The molecule has 0 saturated heterocycles. The molecule has 0 aliphatic heterocycles. The van der Waals surface area contributed by atoms with Crippen molar-refractivity contribution in [3.05, 3.63) is 6.42 Å². The molecule has 1 radical (unpaired) electrons. The fourth-order valence-corrected chi connectivity index (χ4v) is 1.40. The molecule has 0 N–H and O–H groups in total. The molecule has 0 unspecified atom stereocenters. The van der Waals surface area contributed by atoms with Crippen molar-refractivity contribution in [3.63, 3.8) is 0 Å². The highest BCUT2D eigenvalue weighted by Gasteiger charge is 2.17. The topological polar surface area (TPSA) is 9.23 Å². The van der Waals surface area contributed by atoms with Crippen LogP contribution in [0, 0.1) is 12.3 Å². The molecule has 0 aromatic rings. The van der Waals surface area contributed by atoms with Crippen LogP contribution >= 0.6 is 0 Å². The number of ether oxygens (including phenoxy) is 1. The van der Waals surface area contributed by atoms with Crippen LogP contribution in [0.1, 0.15) is 26.2 Å². The van der Waals surface area contributed by atoms with E-state index in [1.54, 1.807) is 7.11 Å². The number of hydrogen-bond donors (Lipinski definition) is 0. The monoisotopic (exact) mass is 127 g/mol. The van der Waals surface area contributed by atoms with Crippen molar-refractivity contribution >= 4 is 0 Å². The summed E-state index contributed by atoms with van der Waals surface area (Å²) >= 11 is 0. The summed E-state index contributed by atoms with van der Waals surface area (Å²) in [6, 6.07) is 0. The minimum atomic E-state index is 0.439. The molecule has 1 saturated carbocycles. The predicted octanol–water partition coefficient (Wildman–Crippen LogP) is 2.03. The maximum Gasteiger partial charge on any atom is 0.0605 e. The first-order valence-corrected chi connectivity index (χ1v) is 3.70. The highest BCUT2D eigenvalue weighted by Crippen LogP contribution is 2.23. The van der Waals surface area contributed by atoms with Gasteiger partial charge in [-0.1, -0.05) is 19.8 Å². The second-order valence-electron chi connectivity index (χ2n) is 2.87. The average Bonchev–Trinajstić information content (AvgIpc) is 1.88. The lowest BCUT2D eigenvalue weighted by molar-refractivity contribution is 0.0950. The molecule has 0 spiro atoms. The van der Waals surface area contributed by atoms with E-state index in [2.05, 4.69) is 13.3 Å². The highest BCUT2D eigenvalue weighted by molar-refractivity contribution is 4.86. The van der Waals surface area contributed by atoms with E-state index in [-0.39, 0.29) is 0 Å². The lowest BCUT2D eigenvalue weighted by Gasteiger charge is -2.24. The fraction of sp³-hybridized carbons (Fsp3) is 0.875. The molecule has 1 nitrogen and oxygen atoms in total. The second-order valence-corrected chi connectivity index (χ2v) is 2.87. The van der Waals surface area contributed by atoms with Crippen molar-refractivity contribution in [2.75, 3.05) is 7.11 Å². The van der Waals surface area contributed by atoms with Gasteiger partial charge in [0.2, 0.25) is 0 Å². The van der Waals surface area contributed by atoms with Crippen molar-refractivity contribution in [2.24, 2.45) is 5.92 Å². The lowest BCUT2D eigenvalue weighted by atomic mass is 9.89. The molecule has 2 atom stereocenters. The average molecular weight is 127 g/mol. The van der Waals surface area contributed by atoms with Crippen LogP contribution in [0.5, 0.6) is 0 Å². The molecule has 1 fully saturated rings. The Labute approximate surface area is 57.4 Å². The third-order valence-electron chi connectivity index (χ3n) is 1.99. The minimum Gasteiger partial charge on any atom is -0.381 e. The van der Waals surface area contributed by atoms with Gasteiger partial charge in [0.05, 0.1) is 6.10 Å². The Hall–Kier alpha value is -0.0400. The van der Waals surface area contributed by atoms with Gasteiger partial charge in [-0.25, -0.2) is 0 Å². The first-order valence-electron chi connectivity index (χ1n) is 3.70. The predicted molar refractivity (Wildman–Crippen MR) is 38.1 cm³/mol. The van der Waals surface area contributed by atoms with E-state index in [0.717, 1.165) is 5.92 Å². The first-order chi connectivity index (χ1) is 4.33. The Kier molecular flexibility index (Phi) is 2.52. The van der Waals surface area contributed by atoms with Gasteiger partial charge in [0.1, 0.15) is 0 Å². The maximum atomic E-state index is 5.21. The number of methoxy groups -OCH3 is 1. The van der Waals surface area contributed by atoms with E-state index in [4.69, 9.17) is 4.74 Å². The molecule has 0 aromatic heterocycles. The highest BCUT2D eigenvalue weighted by atomic mass is 16.5. The normalized spacial score (nSPS) is 36.7. The van der Waals surface area contributed by atoms with E-state index >= 15 is 0 Å². The third-order valence-corrected chi connectivity index (χ3v) is 1.99. The zero-order chi connectivity index (χ0) is 6.69. The molecule has 1 aliphatic rings. The second kappa shape index (κ2) is 3.21. The molecule has 1 aliphatic carbocycles. The van der Waals surface area contributed by atoms with Gasteiger partial charge in [-0.3, -0.25) is 0 Å². The largest absolute Gasteiger partial charge is 0.381 e. The van der Waals surface area contributed by atoms with Crippen LogP contribution in [-0.4, -0.2) is 13.2 Å². The Morgan fingerprint density at radius 2 is 2.22 bits per heavy atom. The van der Waals surface area contributed by atoms with Crippen LogP contribution in [0.25, 0.3) is 0 Å². The van der Waals surface area contributed by atoms with Crippen molar-refractivity contribution in [3.8, 4) is 0 Å². The summed E-state index contributed by atoms with van der Waals surface area (Å²) in [6.07, 6.45) is 6.65. The van der Waals surface area contributed by atoms with E-state index in [1.807, 2.05) is 0 Å². The molecule has 1 heteroatoms. The molecule has 0 bridgehead atoms. The molecule has 0 amide bonds. The van der Waals surface area contributed by atoms with E-state index < -0.39 is 0 Å². The van der Waals surface area contributed by atoms with E-state index in [0.29, 0.717) is 6.10 Å². The van der Waals surface area contributed by atoms with Gasteiger partial charge in [-0.2, -0.15) is 0 Å². The van der Waals surface area contributed by atoms with E-state index in [9.17, 15) is 0 Å². The molecule has 53 valence electrons. The summed E-state index contributed by atoms with van der Waals surface area (Å²) in [6.45, 7) is 2.26. The third kappa shape index (κ3) is 1.98. The molecular weight excluding hydrogens is 112 g/mol. The lowest BCUT2D eigenvalue weighted by Crippen LogP contribution is -2.20. The SMILES string of the molecule is CO[C@H]1[CH][C@H](C)CCC1. The van der Waals surface area contributed by atoms with Crippen molar-refractivity contribution in [1.29, 1.82) is 0 Å². The van der Waals surface area contributed by atoms with Gasteiger partial charge >= 0.3 is 0 Å². The standard InChI is InChI=1S/C8H15O/c1-7-4-3-5-8(6-7)9-2/h6-8H,3-5H2,1-2H3/t7-,8-/m1/s1. The maximum absolute atomic E-state index is 5.21. The minimum absolute atomic E-state index is 0.439. The van der Waals surface area contributed by atoms with Crippen LogP contribution < -0.4 is 0 Å². The molecule has 0 aromatic carbocycles. The molecule has 9 heavy (non-hydrogen) atoms. The molecule has 0 heterocycles. The van der Waals surface area contributed by atoms with Gasteiger partial charge < -0.3 is 4.74 Å². The van der Waals surface area contributed by atoms with Crippen molar-refractivity contribution in [1.82, 2.24) is 0 Å². The quantitative estimate of drug-likeness (QED) is 0.523. The van der Waals surface area contributed by atoms with Crippen molar-refractivity contribution in [2.45, 2.75) is 32.3 Å². The number of hydrogen-bond acceptors (Lipinski definition) is 1. The van der Waals surface area contributed by atoms with Gasteiger partial charge in [0.15, 0.2) is 0 Å². The zero-order valence-electron chi connectivity index (χ0n) is 6.26. The van der Waals surface area contributed by atoms with Crippen LogP contribution in [0.15, 0.2) is 0 Å². The smallest absolute Gasteiger partial charge is 0.0605 e. The zero-order valence-corrected chi connectivity index (χ0v) is 6.26. The summed E-state index contributed by atoms with van der Waals surface area (Å²) in [5.74, 6) is 0.767. The van der Waals surface area contributed by atoms with Crippen LogP contribution in [0.3, 0.4) is 0 Å². The fourth-order valence-electron chi connectivity index (χ4n) is 1.40. The molecule has 1 rings (SSSR count). The summed E-state index contributed by atoms with van der Waals surface area (Å²) in [7, 11) is 1.79. The number of rotatable bonds is 1. The summed E-state index contributed by atoms with van der Waals surface area (Å²) < 4.78 is 5.21. The first kappa shape index (κ1) is 7.07. The summed E-state index contributed by atoms with van der Waals surface area (Å²) in [5.41, 5.74) is 0. The Morgan fingerprint density at radius 3 is 2.67 bits per heavy atom. The molecular formula is C8H15O. The van der Waals surface area contributed by atoms with Crippen LogP contribution in [0.2, 0.25) is 0 Å². The Balaban J connectivity index is 2.23. The summed E-state index contributed by atoms with van der Waals surface area (Å²) in [4.78, 5) is 0. The Morgan fingerprint density at radius 1 is 1.44 bits per heavy atom. The van der Waals surface area contributed by atoms with E-state index in [1.165, 1.54) is 19.3 Å². The van der Waals surface area contributed by atoms with Crippen molar-refractivity contribution < 1.29 is 4.74 Å².